The van der Waals surface area contributed by atoms with Gasteiger partial charge in [0.2, 0.25) is 0 Å². The molecule has 0 saturated heterocycles. The standard InChI is InChI=1S/C32H28N4/c1-23-21-31(25-13-5-3-6-14-25)35-30-20-12-10-18-28(30)34-24(2)22-32(26-15-7-4-8-16-26)36-29-19-11-9-17-27(29)33-23/h3-22,33-34H,1-2H3/b23-21+,24-22+,35-31?,36-32?. The van der Waals surface area contributed by atoms with Crippen molar-refractivity contribution >= 4 is 34.2 Å². The van der Waals surface area contributed by atoms with Gasteiger partial charge in [-0.05, 0) is 50.3 Å². The SMILES string of the molecule is C/C1=C\C(c2ccccc2)=Nc2ccccc2N/C(C)=C/C(c2ccccc2)=Nc2ccccc2N1. The van der Waals surface area contributed by atoms with E-state index in [-0.39, 0.29) is 0 Å². The minimum atomic E-state index is 0.865. The van der Waals surface area contributed by atoms with Crippen LogP contribution in [0.4, 0.5) is 22.7 Å². The van der Waals surface area contributed by atoms with Gasteiger partial charge in [-0.1, -0.05) is 84.9 Å². The third-order valence-electron chi connectivity index (χ3n) is 5.80. The largest absolute Gasteiger partial charge is 0.357 e. The maximum atomic E-state index is 5.10. The summed E-state index contributed by atoms with van der Waals surface area (Å²) in [6.07, 6.45) is 4.17. The van der Waals surface area contributed by atoms with Crippen LogP contribution in [-0.4, -0.2) is 11.4 Å². The van der Waals surface area contributed by atoms with Crippen LogP contribution in [0.5, 0.6) is 0 Å². The first-order valence-corrected chi connectivity index (χ1v) is 12.0. The van der Waals surface area contributed by atoms with Crippen molar-refractivity contribution in [2.24, 2.45) is 9.98 Å². The molecule has 1 aliphatic rings. The van der Waals surface area contributed by atoms with Crippen LogP contribution in [0.25, 0.3) is 0 Å². The predicted octanol–water partition coefficient (Wildman–Crippen LogP) is 8.27. The second-order valence-corrected chi connectivity index (χ2v) is 8.67. The van der Waals surface area contributed by atoms with E-state index in [1.807, 2.05) is 84.9 Å². The van der Waals surface area contributed by atoms with E-state index in [0.717, 1.165) is 56.7 Å². The Labute approximate surface area is 212 Å². The van der Waals surface area contributed by atoms with Gasteiger partial charge in [0.1, 0.15) is 0 Å². The van der Waals surface area contributed by atoms with E-state index in [0.29, 0.717) is 0 Å². The number of nitrogens with one attached hydrogen (secondary N) is 2. The van der Waals surface area contributed by atoms with Crippen LogP contribution >= 0.6 is 0 Å². The average Bonchev–Trinajstić information content (AvgIpc) is 2.90. The lowest BCUT2D eigenvalue weighted by Gasteiger charge is -2.15. The molecule has 4 aromatic carbocycles. The summed E-state index contributed by atoms with van der Waals surface area (Å²) >= 11 is 0. The Kier molecular flexibility index (Phi) is 6.86. The zero-order valence-electron chi connectivity index (χ0n) is 20.4. The number of benzene rings is 4. The third-order valence-corrected chi connectivity index (χ3v) is 5.80. The van der Waals surface area contributed by atoms with Crippen LogP contribution in [0.3, 0.4) is 0 Å². The number of allylic oxidation sites excluding steroid dienone is 4. The summed E-state index contributed by atoms with van der Waals surface area (Å²) in [6.45, 7) is 4.11. The minimum absolute atomic E-state index is 0.865. The molecule has 176 valence electrons. The number of para-hydroxylation sites is 4. The maximum absolute atomic E-state index is 5.10. The Morgan fingerprint density at radius 3 is 1.22 bits per heavy atom. The van der Waals surface area contributed by atoms with E-state index in [9.17, 15) is 0 Å². The summed E-state index contributed by atoms with van der Waals surface area (Å²) in [5.41, 5.74) is 9.38. The summed E-state index contributed by atoms with van der Waals surface area (Å²) in [6, 6.07) is 36.7. The molecule has 1 aliphatic heterocycles. The highest BCUT2D eigenvalue weighted by Gasteiger charge is 2.10. The summed E-state index contributed by atoms with van der Waals surface area (Å²) in [5, 5.41) is 7.12. The van der Waals surface area contributed by atoms with Crippen molar-refractivity contribution < 1.29 is 0 Å². The fraction of sp³-hybridized carbons (Fsp3) is 0.0625. The van der Waals surface area contributed by atoms with Gasteiger partial charge in [0.15, 0.2) is 0 Å². The van der Waals surface area contributed by atoms with E-state index < -0.39 is 0 Å². The lowest BCUT2D eigenvalue weighted by molar-refractivity contribution is 1.34. The number of anilines is 2. The summed E-state index contributed by atoms with van der Waals surface area (Å²) in [4.78, 5) is 10.2. The van der Waals surface area contributed by atoms with Gasteiger partial charge in [0, 0.05) is 22.5 Å². The number of nitrogens with zero attached hydrogens (tertiary/aromatic N) is 2. The number of hydrogen-bond acceptors (Lipinski definition) is 4. The molecular weight excluding hydrogens is 440 g/mol. The monoisotopic (exact) mass is 468 g/mol. The highest BCUT2D eigenvalue weighted by Crippen LogP contribution is 2.30. The van der Waals surface area contributed by atoms with E-state index in [4.69, 9.17) is 9.98 Å². The van der Waals surface area contributed by atoms with Gasteiger partial charge in [0.25, 0.3) is 0 Å². The van der Waals surface area contributed by atoms with Gasteiger partial charge in [-0.25, -0.2) is 9.98 Å². The normalized spacial score (nSPS) is 16.7. The van der Waals surface area contributed by atoms with Gasteiger partial charge >= 0.3 is 0 Å². The van der Waals surface area contributed by atoms with Crippen LogP contribution < -0.4 is 10.6 Å². The lowest BCUT2D eigenvalue weighted by Crippen LogP contribution is -2.06. The van der Waals surface area contributed by atoms with Gasteiger partial charge in [-0.2, -0.15) is 0 Å². The van der Waals surface area contributed by atoms with Crippen molar-refractivity contribution in [2.45, 2.75) is 13.8 Å². The van der Waals surface area contributed by atoms with Crippen LogP contribution in [0.2, 0.25) is 0 Å². The Morgan fingerprint density at radius 2 is 0.806 bits per heavy atom. The average molecular weight is 469 g/mol. The first kappa shape index (κ1) is 23.1. The molecule has 5 rings (SSSR count). The minimum Gasteiger partial charge on any atom is -0.357 e. The zero-order chi connectivity index (χ0) is 24.7. The topological polar surface area (TPSA) is 48.8 Å². The zero-order valence-corrected chi connectivity index (χ0v) is 20.4. The summed E-state index contributed by atoms with van der Waals surface area (Å²) in [5.74, 6) is 0. The first-order valence-electron chi connectivity index (χ1n) is 12.0. The molecule has 4 heteroatoms. The number of rotatable bonds is 2. The molecule has 1 heterocycles. The van der Waals surface area contributed by atoms with Crippen molar-refractivity contribution in [1.82, 2.24) is 0 Å². The Bertz CT molecular complexity index is 1360. The maximum Gasteiger partial charge on any atom is 0.0871 e. The van der Waals surface area contributed by atoms with E-state index >= 15 is 0 Å². The van der Waals surface area contributed by atoms with Gasteiger partial charge in [-0.3, -0.25) is 0 Å². The molecule has 0 amide bonds. The van der Waals surface area contributed by atoms with Crippen LogP contribution in [0.15, 0.2) is 143 Å². The van der Waals surface area contributed by atoms with Crippen LogP contribution in [-0.2, 0) is 0 Å². The van der Waals surface area contributed by atoms with Crippen LogP contribution in [0, 0.1) is 0 Å². The Balaban J connectivity index is 1.71. The highest BCUT2D eigenvalue weighted by atomic mass is 14.9. The van der Waals surface area contributed by atoms with Crippen molar-refractivity contribution in [3.05, 3.63) is 144 Å². The van der Waals surface area contributed by atoms with Gasteiger partial charge in [0.05, 0.1) is 34.2 Å². The van der Waals surface area contributed by atoms with Crippen molar-refractivity contribution in [2.75, 3.05) is 10.6 Å². The summed E-state index contributed by atoms with van der Waals surface area (Å²) in [7, 11) is 0. The van der Waals surface area contributed by atoms with Gasteiger partial charge in [-0.15, -0.1) is 0 Å². The molecular formula is C32H28N4. The molecule has 2 N–H and O–H groups in total. The molecule has 36 heavy (non-hydrogen) atoms. The molecule has 0 saturated carbocycles. The molecule has 0 atom stereocenters. The van der Waals surface area contributed by atoms with E-state index in [1.165, 1.54) is 0 Å². The first-order chi connectivity index (χ1) is 17.7. The third kappa shape index (κ3) is 5.50. The fourth-order valence-electron chi connectivity index (χ4n) is 4.10. The molecule has 0 fully saturated rings. The lowest BCUT2D eigenvalue weighted by atomic mass is 10.1. The van der Waals surface area contributed by atoms with Gasteiger partial charge < -0.3 is 10.6 Å². The molecule has 0 spiro atoms. The number of hydrogen-bond donors (Lipinski definition) is 2. The van der Waals surface area contributed by atoms with Crippen molar-refractivity contribution in [3.8, 4) is 0 Å². The van der Waals surface area contributed by atoms with E-state index in [1.54, 1.807) is 0 Å². The summed E-state index contributed by atoms with van der Waals surface area (Å²) < 4.78 is 0. The molecule has 0 unspecified atom stereocenters. The predicted molar refractivity (Wildman–Crippen MR) is 153 cm³/mol. The second kappa shape index (κ2) is 10.7. The van der Waals surface area contributed by atoms with Crippen molar-refractivity contribution in [1.29, 1.82) is 0 Å². The highest BCUT2D eigenvalue weighted by molar-refractivity contribution is 6.12. The second-order valence-electron chi connectivity index (χ2n) is 8.67. The fourth-order valence-corrected chi connectivity index (χ4v) is 4.10. The number of fused-ring (bicyclic) bond motifs is 2. The van der Waals surface area contributed by atoms with E-state index in [2.05, 4.69) is 60.9 Å². The molecule has 4 aromatic rings. The quantitative estimate of drug-likeness (QED) is 0.311. The number of aliphatic imine (C=N–C) groups is 2. The molecule has 0 radical (unpaired) electrons. The smallest absolute Gasteiger partial charge is 0.0871 e. The van der Waals surface area contributed by atoms with Crippen LogP contribution in [0.1, 0.15) is 25.0 Å². The Hall–Kier alpha value is -4.70. The molecule has 0 aromatic heterocycles. The molecule has 0 bridgehead atoms. The molecule has 4 nitrogen and oxygen atoms in total. The van der Waals surface area contributed by atoms with Crippen molar-refractivity contribution in [3.63, 3.8) is 0 Å². The Morgan fingerprint density at radius 1 is 0.444 bits per heavy atom. The molecule has 0 aliphatic carbocycles.